The van der Waals surface area contributed by atoms with Crippen LogP contribution in [0.25, 0.3) is 6.08 Å². The third-order valence-corrected chi connectivity index (χ3v) is 2.85. The van der Waals surface area contributed by atoms with Crippen LogP contribution in [0.4, 0.5) is 0 Å². The monoisotopic (exact) mass is 262 g/mol. The minimum absolute atomic E-state index is 0.0916. The van der Waals surface area contributed by atoms with Crippen LogP contribution >= 0.6 is 0 Å². The lowest BCUT2D eigenvalue weighted by Crippen LogP contribution is -2.26. The van der Waals surface area contributed by atoms with E-state index in [9.17, 15) is 4.79 Å². The second-order valence-corrected chi connectivity index (χ2v) is 4.49. The molecule has 1 rings (SSSR count). The summed E-state index contributed by atoms with van der Waals surface area (Å²) in [6.45, 7) is 7.19. The fourth-order valence-corrected chi connectivity index (χ4v) is 1.67. The van der Waals surface area contributed by atoms with Crippen molar-refractivity contribution in [2.45, 2.75) is 26.8 Å². The molecule has 1 amide bonds. The number of benzene rings is 1. The average Bonchev–Trinajstić information content (AvgIpc) is 2.38. The van der Waals surface area contributed by atoms with Gasteiger partial charge in [-0.15, -0.1) is 0 Å². The van der Waals surface area contributed by atoms with Crippen LogP contribution in [0.5, 0.6) is 5.75 Å². The van der Waals surface area contributed by atoms with Gasteiger partial charge in [0, 0.05) is 6.04 Å². The number of likely N-dealkylation sites (N-methyl/N-ethyl adjacent to an activating group) is 1. The van der Waals surface area contributed by atoms with E-state index in [2.05, 4.69) is 32.2 Å². The molecule has 4 nitrogen and oxygen atoms in total. The average molecular weight is 262 g/mol. The summed E-state index contributed by atoms with van der Waals surface area (Å²) in [4.78, 5) is 10.6. The molecule has 0 spiro atoms. The molecule has 0 aliphatic rings. The highest BCUT2D eigenvalue weighted by molar-refractivity contribution is 5.75. The van der Waals surface area contributed by atoms with Gasteiger partial charge in [-0.3, -0.25) is 4.79 Å². The van der Waals surface area contributed by atoms with Gasteiger partial charge in [-0.2, -0.15) is 0 Å². The fraction of sp³-hybridized carbons (Fsp3) is 0.400. The highest BCUT2D eigenvalue weighted by atomic mass is 16.5. The van der Waals surface area contributed by atoms with E-state index in [1.165, 1.54) is 5.57 Å². The predicted molar refractivity (Wildman–Crippen MR) is 77.9 cm³/mol. The second-order valence-electron chi connectivity index (χ2n) is 4.49. The van der Waals surface area contributed by atoms with Gasteiger partial charge in [0.15, 0.2) is 6.61 Å². The van der Waals surface area contributed by atoms with Crippen molar-refractivity contribution in [2.75, 3.05) is 13.2 Å². The van der Waals surface area contributed by atoms with Crippen LogP contribution in [0.15, 0.2) is 29.8 Å². The Morgan fingerprint density at radius 3 is 2.58 bits per heavy atom. The molecule has 0 aliphatic carbocycles. The number of nitrogens with one attached hydrogen (secondary N) is 1. The maximum absolute atomic E-state index is 10.6. The van der Waals surface area contributed by atoms with Crippen molar-refractivity contribution in [3.63, 3.8) is 0 Å². The summed E-state index contributed by atoms with van der Waals surface area (Å²) in [6, 6.07) is 7.94. The molecule has 19 heavy (non-hydrogen) atoms. The molecule has 1 aromatic rings. The molecule has 104 valence electrons. The minimum Gasteiger partial charge on any atom is -0.484 e. The van der Waals surface area contributed by atoms with Gasteiger partial charge in [0.2, 0.25) is 0 Å². The number of hydrogen-bond acceptors (Lipinski definition) is 3. The number of nitrogens with two attached hydrogens (primary N) is 1. The SMILES string of the molecule is CCNC(C)/C(C)=C/c1ccc(OCC(N)=O)cc1. The first-order chi connectivity index (χ1) is 9.02. The van der Waals surface area contributed by atoms with Gasteiger partial charge < -0.3 is 15.8 Å². The number of hydrogen-bond donors (Lipinski definition) is 2. The molecule has 0 saturated heterocycles. The van der Waals surface area contributed by atoms with Crippen molar-refractivity contribution in [3.8, 4) is 5.75 Å². The highest BCUT2D eigenvalue weighted by Gasteiger charge is 2.02. The number of ether oxygens (including phenoxy) is 1. The van der Waals surface area contributed by atoms with Crippen LogP contribution in [0.2, 0.25) is 0 Å². The summed E-state index contributed by atoms with van der Waals surface area (Å²) in [6.07, 6.45) is 2.13. The number of primary amides is 1. The zero-order valence-electron chi connectivity index (χ0n) is 11.8. The summed E-state index contributed by atoms with van der Waals surface area (Å²) >= 11 is 0. The summed E-state index contributed by atoms with van der Waals surface area (Å²) in [5.74, 6) is 0.174. The lowest BCUT2D eigenvalue weighted by Gasteiger charge is -2.13. The summed E-state index contributed by atoms with van der Waals surface area (Å²) in [5.41, 5.74) is 7.39. The lowest BCUT2D eigenvalue weighted by molar-refractivity contribution is -0.119. The van der Waals surface area contributed by atoms with Gasteiger partial charge >= 0.3 is 0 Å². The normalized spacial score (nSPS) is 13.1. The van der Waals surface area contributed by atoms with E-state index in [-0.39, 0.29) is 6.61 Å². The first-order valence-corrected chi connectivity index (χ1v) is 6.45. The van der Waals surface area contributed by atoms with Gasteiger partial charge in [0.1, 0.15) is 5.75 Å². The summed E-state index contributed by atoms with van der Waals surface area (Å²) in [5, 5.41) is 3.37. The van der Waals surface area contributed by atoms with Crippen LogP contribution in [0.3, 0.4) is 0 Å². The highest BCUT2D eigenvalue weighted by Crippen LogP contribution is 2.15. The topological polar surface area (TPSA) is 64.3 Å². The minimum atomic E-state index is -0.473. The zero-order chi connectivity index (χ0) is 14.3. The third-order valence-electron chi connectivity index (χ3n) is 2.85. The van der Waals surface area contributed by atoms with E-state index in [1.807, 2.05) is 24.3 Å². The Bertz CT molecular complexity index is 438. The zero-order valence-corrected chi connectivity index (χ0v) is 11.8. The Labute approximate surface area is 114 Å². The Morgan fingerprint density at radius 1 is 1.42 bits per heavy atom. The van der Waals surface area contributed by atoms with E-state index >= 15 is 0 Å². The van der Waals surface area contributed by atoms with E-state index < -0.39 is 5.91 Å². The molecule has 3 N–H and O–H groups in total. The first kappa shape index (κ1) is 15.2. The number of carbonyl (C=O) groups excluding carboxylic acids is 1. The van der Waals surface area contributed by atoms with Crippen molar-refractivity contribution in [1.29, 1.82) is 0 Å². The van der Waals surface area contributed by atoms with Gasteiger partial charge in [-0.1, -0.05) is 30.7 Å². The van der Waals surface area contributed by atoms with Crippen LogP contribution in [-0.2, 0) is 4.79 Å². The second kappa shape index (κ2) is 7.59. The van der Waals surface area contributed by atoms with E-state index in [0.717, 1.165) is 12.1 Å². The molecule has 4 heteroatoms. The molecule has 1 aromatic carbocycles. The predicted octanol–water partition coefficient (Wildman–Crippen LogP) is 1.95. The van der Waals surface area contributed by atoms with Crippen LogP contribution < -0.4 is 15.8 Å². The number of rotatable bonds is 7. The van der Waals surface area contributed by atoms with Gasteiger partial charge in [-0.25, -0.2) is 0 Å². The first-order valence-electron chi connectivity index (χ1n) is 6.45. The molecule has 0 fully saturated rings. The smallest absolute Gasteiger partial charge is 0.255 e. The number of amides is 1. The quantitative estimate of drug-likeness (QED) is 0.789. The van der Waals surface area contributed by atoms with Crippen molar-refractivity contribution in [1.82, 2.24) is 5.32 Å². The van der Waals surface area contributed by atoms with Gasteiger partial charge in [0.25, 0.3) is 5.91 Å². The maximum Gasteiger partial charge on any atom is 0.255 e. The molecule has 0 radical (unpaired) electrons. The van der Waals surface area contributed by atoms with Crippen molar-refractivity contribution in [3.05, 3.63) is 35.4 Å². The molecule has 0 saturated carbocycles. The molecule has 0 heterocycles. The van der Waals surface area contributed by atoms with E-state index in [1.54, 1.807) is 0 Å². The molecule has 0 aromatic heterocycles. The molecule has 1 atom stereocenters. The molecular formula is C15H22N2O2. The Balaban J connectivity index is 2.65. The maximum atomic E-state index is 10.6. The number of carbonyl (C=O) groups is 1. The molecule has 1 unspecified atom stereocenters. The van der Waals surface area contributed by atoms with Gasteiger partial charge in [0.05, 0.1) is 0 Å². The molecule has 0 bridgehead atoms. The lowest BCUT2D eigenvalue weighted by atomic mass is 10.1. The van der Waals surface area contributed by atoms with Crippen LogP contribution in [0, 0.1) is 0 Å². The van der Waals surface area contributed by atoms with Crippen LogP contribution in [0.1, 0.15) is 26.3 Å². The van der Waals surface area contributed by atoms with Crippen LogP contribution in [-0.4, -0.2) is 25.1 Å². The fourth-order valence-electron chi connectivity index (χ4n) is 1.67. The molecule has 0 aliphatic heterocycles. The largest absolute Gasteiger partial charge is 0.484 e. The third kappa shape index (κ3) is 5.57. The van der Waals surface area contributed by atoms with Crippen molar-refractivity contribution >= 4 is 12.0 Å². The van der Waals surface area contributed by atoms with Gasteiger partial charge in [-0.05, 0) is 38.1 Å². The summed E-state index contributed by atoms with van der Waals surface area (Å²) in [7, 11) is 0. The summed E-state index contributed by atoms with van der Waals surface area (Å²) < 4.78 is 5.21. The van der Waals surface area contributed by atoms with Crippen molar-refractivity contribution < 1.29 is 9.53 Å². The Hall–Kier alpha value is -1.81. The Morgan fingerprint density at radius 2 is 2.05 bits per heavy atom. The standard InChI is InChI=1S/C15H22N2O2/c1-4-17-12(3)11(2)9-13-5-7-14(8-6-13)19-10-15(16)18/h5-9,12,17H,4,10H2,1-3H3,(H2,16,18)/b11-9+. The van der Waals surface area contributed by atoms with E-state index in [4.69, 9.17) is 10.5 Å². The van der Waals surface area contributed by atoms with Crippen molar-refractivity contribution in [2.24, 2.45) is 5.73 Å². The Kier molecular flexibility index (Phi) is 6.09. The van der Waals surface area contributed by atoms with E-state index in [0.29, 0.717) is 11.8 Å². The molecular weight excluding hydrogens is 240 g/mol.